The van der Waals surface area contributed by atoms with Crippen molar-refractivity contribution in [2.75, 3.05) is 13.7 Å². The van der Waals surface area contributed by atoms with Crippen LogP contribution in [0.2, 0.25) is 15.1 Å². The van der Waals surface area contributed by atoms with E-state index in [1.54, 1.807) is 62.4 Å². The quantitative estimate of drug-likeness (QED) is 0.181. The number of methoxy groups -OCH3 is 1. The van der Waals surface area contributed by atoms with E-state index in [1.165, 1.54) is 23.0 Å². The van der Waals surface area contributed by atoms with Crippen LogP contribution in [0, 0.1) is 0 Å². The number of carbonyl (C=O) groups is 1. The Morgan fingerprint density at radius 3 is 2.53 bits per heavy atom. The maximum absolute atomic E-state index is 14.0. The number of rotatable bonds is 8. The van der Waals surface area contributed by atoms with Gasteiger partial charge in [0.15, 0.2) is 16.3 Å². The first-order valence-corrected chi connectivity index (χ1v) is 15.8. The maximum Gasteiger partial charge on any atom is 0.338 e. The number of ether oxygens (including phenoxy) is 3. The van der Waals surface area contributed by atoms with Crippen molar-refractivity contribution in [2.24, 2.45) is 4.99 Å². The second-order valence-corrected chi connectivity index (χ2v) is 12.5. The largest absolute Gasteiger partial charge is 0.493 e. The summed E-state index contributed by atoms with van der Waals surface area (Å²) in [6, 6.07) is 15.1. The third-order valence-corrected chi connectivity index (χ3v) is 9.42. The first kappa shape index (κ1) is 31.3. The smallest absolute Gasteiger partial charge is 0.338 e. The SMILES string of the molecule is CCOC(=O)C1=C(C)N=c2s/c(=C/c3cc(OC)c(OCc4ccc(Cl)c(Cl)c4)cc3Br)c(=O)n2[C@@H]1c1ccccc1Cl. The van der Waals surface area contributed by atoms with Gasteiger partial charge in [-0.05, 0) is 66.9 Å². The molecule has 1 aliphatic heterocycles. The third-order valence-electron chi connectivity index (χ3n) is 6.66. The highest BCUT2D eigenvalue weighted by Crippen LogP contribution is 2.36. The minimum atomic E-state index is -0.804. The molecule has 0 unspecified atom stereocenters. The number of hydrogen-bond acceptors (Lipinski definition) is 7. The average Bonchev–Trinajstić information content (AvgIpc) is 3.28. The highest BCUT2D eigenvalue weighted by molar-refractivity contribution is 9.10. The number of aromatic nitrogens is 1. The van der Waals surface area contributed by atoms with Crippen LogP contribution in [-0.4, -0.2) is 24.3 Å². The van der Waals surface area contributed by atoms with E-state index in [0.717, 1.165) is 5.56 Å². The minimum absolute atomic E-state index is 0.179. The molecule has 0 fully saturated rings. The van der Waals surface area contributed by atoms with Gasteiger partial charge in [-0.1, -0.05) is 86.3 Å². The predicted octanol–water partition coefficient (Wildman–Crippen LogP) is 7.11. The van der Waals surface area contributed by atoms with Crippen molar-refractivity contribution in [3.63, 3.8) is 0 Å². The molecular formula is C31H24BrCl3N2O5S. The molecule has 2 heterocycles. The van der Waals surface area contributed by atoms with Crippen molar-refractivity contribution in [1.29, 1.82) is 0 Å². The topological polar surface area (TPSA) is 79.1 Å². The van der Waals surface area contributed by atoms with E-state index in [4.69, 9.17) is 49.0 Å². The average molecular weight is 723 g/mol. The zero-order valence-corrected chi connectivity index (χ0v) is 27.8. The highest BCUT2D eigenvalue weighted by Gasteiger charge is 2.34. The molecule has 3 aromatic carbocycles. The summed E-state index contributed by atoms with van der Waals surface area (Å²) in [5, 5.41) is 1.32. The summed E-state index contributed by atoms with van der Waals surface area (Å²) in [7, 11) is 1.54. The number of carbonyl (C=O) groups excluding carboxylic acids is 1. The number of fused-ring (bicyclic) bond motifs is 1. The lowest BCUT2D eigenvalue weighted by atomic mass is 9.96. The van der Waals surface area contributed by atoms with Crippen LogP contribution in [-0.2, 0) is 16.1 Å². The van der Waals surface area contributed by atoms with Crippen molar-refractivity contribution < 1.29 is 19.0 Å². The monoisotopic (exact) mass is 720 g/mol. The van der Waals surface area contributed by atoms with Crippen LogP contribution in [0.3, 0.4) is 0 Å². The molecule has 0 radical (unpaired) electrons. The lowest BCUT2D eigenvalue weighted by molar-refractivity contribution is -0.139. The van der Waals surface area contributed by atoms with Crippen LogP contribution < -0.4 is 24.4 Å². The van der Waals surface area contributed by atoms with Gasteiger partial charge in [0.1, 0.15) is 12.6 Å². The number of halogens is 4. The van der Waals surface area contributed by atoms with Gasteiger partial charge in [-0.25, -0.2) is 9.79 Å². The molecule has 0 saturated heterocycles. The van der Waals surface area contributed by atoms with E-state index in [0.29, 0.717) is 57.2 Å². The molecule has 0 amide bonds. The van der Waals surface area contributed by atoms with E-state index >= 15 is 0 Å². The van der Waals surface area contributed by atoms with Crippen molar-refractivity contribution in [1.82, 2.24) is 4.57 Å². The minimum Gasteiger partial charge on any atom is -0.493 e. The van der Waals surface area contributed by atoms with Crippen LogP contribution in [0.5, 0.6) is 11.5 Å². The van der Waals surface area contributed by atoms with E-state index < -0.39 is 12.0 Å². The lowest BCUT2D eigenvalue weighted by Gasteiger charge is -2.25. The fourth-order valence-electron chi connectivity index (χ4n) is 4.65. The van der Waals surface area contributed by atoms with Crippen LogP contribution >= 0.6 is 62.1 Å². The Kier molecular flexibility index (Phi) is 9.68. The number of thiazole rings is 1. The van der Waals surface area contributed by atoms with E-state index in [2.05, 4.69) is 20.9 Å². The molecule has 0 aliphatic carbocycles. The van der Waals surface area contributed by atoms with Gasteiger partial charge in [-0.3, -0.25) is 9.36 Å². The molecule has 4 aromatic rings. The van der Waals surface area contributed by atoms with Gasteiger partial charge in [0, 0.05) is 9.50 Å². The Morgan fingerprint density at radius 1 is 1.07 bits per heavy atom. The molecule has 1 atom stereocenters. The van der Waals surface area contributed by atoms with E-state index in [9.17, 15) is 9.59 Å². The van der Waals surface area contributed by atoms with Crippen LogP contribution in [0.15, 0.2) is 80.1 Å². The molecule has 5 rings (SSSR count). The number of hydrogen-bond donors (Lipinski definition) is 0. The molecule has 1 aliphatic rings. The zero-order valence-electron chi connectivity index (χ0n) is 23.1. The molecule has 7 nitrogen and oxygen atoms in total. The highest BCUT2D eigenvalue weighted by atomic mass is 79.9. The van der Waals surface area contributed by atoms with Crippen LogP contribution in [0.1, 0.15) is 36.6 Å². The molecule has 0 bridgehead atoms. The molecular weight excluding hydrogens is 699 g/mol. The van der Waals surface area contributed by atoms with E-state index in [1.807, 2.05) is 12.1 Å². The zero-order chi connectivity index (χ0) is 30.8. The Morgan fingerprint density at radius 2 is 1.84 bits per heavy atom. The summed E-state index contributed by atoms with van der Waals surface area (Å²) in [6.45, 7) is 3.87. The number of nitrogens with zero attached hydrogens (tertiary/aromatic N) is 2. The second-order valence-electron chi connectivity index (χ2n) is 9.39. The second kappa shape index (κ2) is 13.3. The molecule has 0 saturated carbocycles. The maximum atomic E-state index is 14.0. The Labute approximate surface area is 274 Å². The van der Waals surface area contributed by atoms with Gasteiger partial charge in [-0.15, -0.1) is 0 Å². The van der Waals surface area contributed by atoms with Crippen LogP contribution in [0.4, 0.5) is 0 Å². The van der Waals surface area contributed by atoms with Crippen molar-refractivity contribution in [3.05, 3.63) is 122 Å². The first-order chi connectivity index (χ1) is 20.6. The Bertz CT molecular complexity index is 1950. The summed E-state index contributed by atoms with van der Waals surface area (Å²) in [5.74, 6) is 0.413. The molecule has 43 heavy (non-hydrogen) atoms. The molecule has 1 aromatic heterocycles. The van der Waals surface area contributed by atoms with Gasteiger partial charge < -0.3 is 14.2 Å². The molecule has 0 N–H and O–H groups in total. The van der Waals surface area contributed by atoms with Gasteiger partial charge in [0.2, 0.25) is 0 Å². The molecule has 12 heteroatoms. The third kappa shape index (κ3) is 6.42. The number of benzene rings is 3. The fourth-order valence-corrected chi connectivity index (χ4v) is 6.68. The van der Waals surface area contributed by atoms with Crippen LogP contribution in [0.25, 0.3) is 6.08 Å². The lowest BCUT2D eigenvalue weighted by Crippen LogP contribution is -2.40. The fraction of sp³-hybridized carbons (Fsp3) is 0.194. The predicted molar refractivity (Wildman–Crippen MR) is 173 cm³/mol. The van der Waals surface area contributed by atoms with Gasteiger partial charge in [0.25, 0.3) is 5.56 Å². The van der Waals surface area contributed by atoms with Gasteiger partial charge in [-0.2, -0.15) is 0 Å². The Balaban J connectivity index is 1.57. The summed E-state index contributed by atoms with van der Waals surface area (Å²) >= 11 is 23.6. The van der Waals surface area contributed by atoms with Gasteiger partial charge >= 0.3 is 5.97 Å². The molecule has 0 spiro atoms. The first-order valence-electron chi connectivity index (χ1n) is 13.0. The summed E-state index contributed by atoms with van der Waals surface area (Å²) < 4.78 is 19.5. The Hall–Kier alpha value is -3.08. The number of esters is 1. The van der Waals surface area contributed by atoms with Crippen molar-refractivity contribution in [3.8, 4) is 11.5 Å². The van der Waals surface area contributed by atoms with E-state index in [-0.39, 0.29) is 24.3 Å². The van der Waals surface area contributed by atoms with Crippen molar-refractivity contribution in [2.45, 2.75) is 26.5 Å². The standard InChI is InChI=1S/C31H24BrCl3N2O5S/c1-4-41-30(39)27-16(2)36-31-37(28(27)19-7-5-6-8-21(19)33)29(38)26(43-31)13-18-12-24(40-3)25(14-20(18)32)42-15-17-9-10-22(34)23(35)11-17/h5-14,28H,4,15H2,1-3H3/b26-13+/t28-/m1/s1. The molecule has 222 valence electrons. The summed E-state index contributed by atoms with van der Waals surface area (Å²) in [5.41, 5.74) is 2.51. The normalized spacial score (nSPS) is 14.8. The van der Waals surface area contributed by atoms with Gasteiger partial charge in [0.05, 0.1) is 39.6 Å². The number of allylic oxidation sites excluding steroid dienone is 1. The summed E-state index contributed by atoms with van der Waals surface area (Å²) in [6.07, 6.45) is 1.74. The summed E-state index contributed by atoms with van der Waals surface area (Å²) in [4.78, 5) is 32.1. The van der Waals surface area contributed by atoms with Crippen molar-refractivity contribution >= 4 is 74.1 Å².